The van der Waals surface area contributed by atoms with Crippen LogP contribution in [0.4, 0.5) is 5.69 Å². The SMILES string of the molecule is Cc1ncc(-c2ccc(OCCc3ccccc3)cc2)c(N2CCC(C)(C)CC2)c1C(OC(C)(C)C)C(=O)O. The number of piperidine rings is 1. The predicted molar refractivity (Wildman–Crippen MR) is 156 cm³/mol. The molecule has 6 heteroatoms. The number of hydrogen-bond acceptors (Lipinski definition) is 5. The number of aryl methyl sites for hydroxylation is 1. The van der Waals surface area contributed by atoms with Crippen molar-refractivity contribution in [2.45, 2.75) is 72.5 Å². The lowest BCUT2D eigenvalue weighted by Gasteiger charge is -2.41. The first-order valence-corrected chi connectivity index (χ1v) is 13.9. The Hall–Kier alpha value is -3.38. The van der Waals surface area contributed by atoms with Crippen molar-refractivity contribution >= 4 is 11.7 Å². The second-order valence-corrected chi connectivity index (χ2v) is 12.2. The summed E-state index contributed by atoms with van der Waals surface area (Å²) in [6.45, 7) is 14.4. The average molecular weight is 531 g/mol. The van der Waals surface area contributed by atoms with E-state index in [0.717, 1.165) is 54.9 Å². The van der Waals surface area contributed by atoms with E-state index in [1.165, 1.54) is 5.56 Å². The number of carboxylic acid groups (broad SMARTS) is 1. The molecule has 1 saturated heterocycles. The lowest BCUT2D eigenvalue weighted by atomic mass is 9.82. The fourth-order valence-electron chi connectivity index (χ4n) is 5.06. The number of aromatic nitrogens is 1. The Bertz CT molecular complexity index is 1250. The van der Waals surface area contributed by atoms with Gasteiger partial charge in [-0.05, 0) is 69.2 Å². The Labute approximate surface area is 233 Å². The first kappa shape index (κ1) is 28.6. The van der Waals surface area contributed by atoms with Crippen molar-refractivity contribution in [1.29, 1.82) is 0 Å². The second kappa shape index (κ2) is 11.8. The molecule has 0 radical (unpaired) electrons. The number of aliphatic carboxylic acids is 1. The zero-order valence-corrected chi connectivity index (χ0v) is 24.2. The number of carbonyl (C=O) groups is 1. The van der Waals surface area contributed by atoms with Crippen molar-refractivity contribution in [2.24, 2.45) is 5.41 Å². The van der Waals surface area contributed by atoms with E-state index >= 15 is 0 Å². The van der Waals surface area contributed by atoms with Gasteiger partial charge >= 0.3 is 5.97 Å². The van der Waals surface area contributed by atoms with Crippen LogP contribution in [0.3, 0.4) is 0 Å². The van der Waals surface area contributed by atoms with Crippen molar-refractivity contribution in [2.75, 3.05) is 24.6 Å². The summed E-state index contributed by atoms with van der Waals surface area (Å²) in [6, 6.07) is 18.3. The number of carboxylic acids is 1. The highest BCUT2D eigenvalue weighted by Crippen LogP contribution is 2.43. The molecule has 2 heterocycles. The fourth-order valence-corrected chi connectivity index (χ4v) is 5.06. The molecule has 3 aromatic rings. The molecule has 39 heavy (non-hydrogen) atoms. The second-order valence-electron chi connectivity index (χ2n) is 12.2. The zero-order chi connectivity index (χ0) is 28.2. The minimum absolute atomic E-state index is 0.256. The van der Waals surface area contributed by atoms with Crippen molar-refractivity contribution in [1.82, 2.24) is 4.98 Å². The van der Waals surface area contributed by atoms with Crippen LogP contribution < -0.4 is 9.64 Å². The molecule has 0 amide bonds. The summed E-state index contributed by atoms with van der Waals surface area (Å²) in [5, 5.41) is 10.3. The van der Waals surface area contributed by atoms with Crippen LogP contribution in [0.2, 0.25) is 0 Å². The quantitative estimate of drug-likeness (QED) is 0.314. The van der Waals surface area contributed by atoms with Crippen LogP contribution in [-0.2, 0) is 16.0 Å². The largest absolute Gasteiger partial charge is 0.493 e. The standard InChI is InChI=1S/C33H42N2O4/c1-23-28(30(31(36)37)39-32(2,3)4)29(35-19-17-33(5,6)18-20-35)27(22-34-23)25-12-14-26(15-13-25)38-21-16-24-10-8-7-9-11-24/h7-15,22,30H,16-21H2,1-6H3,(H,36,37). The Morgan fingerprint density at radius 3 is 2.28 bits per heavy atom. The molecule has 0 aliphatic carbocycles. The molecule has 0 saturated carbocycles. The van der Waals surface area contributed by atoms with Gasteiger partial charge in [0.1, 0.15) is 5.75 Å². The lowest BCUT2D eigenvalue weighted by Crippen LogP contribution is -2.39. The van der Waals surface area contributed by atoms with Gasteiger partial charge in [-0.15, -0.1) is 0 Å². The Balaban J connectivity index is 1.69. The van der Waals surface area contributed by atoms with E-state index in [1.54, 1.807) is 0 Å². The van der Waals surface area contributed by atoms with Gasteiger partial charge in [0.15, 0.2) is 6.10 Å². The smallest absolute Gasteiger partial charge is 0.337 e. The average Bonchev–Trinajstić information content (AvgIpc) is 2.88. The minimum Gasteiger partial charge on any atom is -0.493 e. The van der Waals surface area contributed by atoms with Gasteiger partial charge in [-0.1, -0.05) is 56.3 Å². The molecule has 1 atom stereocenters. The topological polar surface area (TPSA) is 71.9 Å². The maximum absolute atomic E-state index is 12.6. The Morgan fingerprint density at radius 1 is 1.05 bits per heavy atom. The predicted octanol–water partition coefficient (Wildman–Crippen LogP) is 7.25. The van der Waals surface area contributed by atoms with Gasteiger partial charge in [-0.25, -0.2) is 4.79 Å². The van der Waals surface area contributed by atoms with Crippen LogP contribution in [0.15, 0.2) is 60.8 Å². The molecule has 0 spiro atoms. The molecule has 1 unspecified atom stereocenters. The highest BCUT2D eigenvalue weighted by Gasteiger charge is 2.35. The van der Waals surface area contributed by atoms with E-state index < -0.39 is 17.7 Å². The van der Waals surface area contributed by atoms with E-state index in [9.17, 15) is 9.90 Å². The van der Waals surface area contributed by atoms with Crippen molar-refractivity contribution in [3.8, 4) is 16.9 Å². The molecular weight excluding hydrogens is 488 g/mol. The summed E-state index contributed by atoms with van der Waals surface area (Å²) in [5.74, 6) is -0.205. The van der Waals surface area contributed by atoms with E-state index in [4.69, 9.17) is 9.47 Å². The highest BCUT2D eigenvalue weighted by atomic mass is 16.5. The third kappa shape index (κ3) is 7.39. The monoisotopic (exact) mass is 530 g/mol. The minimum atomic E-state index is -1.12. The highest BCUT2D eigenvalue weighted by molar-refractivity contribution is 5.86. The molecule has 208 valence electrons. The van der Waals surface area contributed by atoms with E-state index in [-0.39, 0.29) is 5.41 Å². The summed E-state index contributed by atoms with van der Waals surface area (Å²) in [7, 11) is 0. The van der Waals surface area contributed by atoms with Gasteiger partial charge in [0.05, 0.1) is 17.9 Å². The molecule has 6 nitrogen and oxygen atoms in total. The summed E-state index contributed by atoms with van der Waals surface area (Å²) < 4.78 is 12.2. The third-order valence-corrected chi connectivity index (χ3v) is 7.35. The van der Waals surface area contributed by atoms with Crippen LogP contribution in [0.25, 0.3) is 11.1 Å². The van der Waals surface area contributed by atoms with Crippen LogP contribution in [0.1, 0.15) is 70.4 Å². The fraction of sp³-hybridized carbons (Fsp3) is 0.455. The number of nitrogens with zero attached hydrogens (tertiary/aromatic N) is 2. The third-order valence-electron chi connectivity index (χ3n) is 7.35. The van der Waals surface area contributed by atoms with Gasteiger partial charge in [-0.2, -0.15) is 0 Å². The van der Waals surface area contributed by atoms with Gasteiger partial charge in [-0.3, -0.25) is 4.98 Å². The molecule has 1 aromatic heterocycles. The summed E-state index contributed by atoms with van der Waals surface area (Å²) >= 11 is 0. The van der Waals surface area contributed by atoms with Gasteiger partial charge in [0.2, 0.25) is 0 Å². The molecule has 1 fully saturated rings. The number of pyridine rings is 1. The first-order chi connectivity index (χ1) is 18.4. The molecular formula is C33H42N2O4. The normalized spacial score (nSPS) is 16.1. The van der Waals surface area contributed by atoms with Gasteiger partial charge in [0, 0.05) is 42.5 Å². The van der Waals surface area contributed by atoms with E-state index in [1.807, 2.05) is 76.4 Å². The van der Waals surface area contributed by atoms with Crippen LogP contribution in [-0.4, -0.2) is 41.4 Å². The molecule has 1 aliphatic heterocycles. The number of rotatable bonds is 9. The van der Waals surface area contributed by atoms with Crippen LogP contribution in [0, 0.1) is 12.3 Å². The maximum Gasteiger partial charge on any atom is 0.337 e. The molecule has 0 bridgehead atoms. The summed E-state index contributed by atoms with van der Waals surface area (Å²) in [6.07, 6.45) is 3.64. The zero-order valence-electron chi connectivity index (χ0n) is 24.2. The van der Waals surface area contributed by atoms with Crippen molar-refractivity contribution in [3.05, 3.63) is 77.6 Å². The van der Waals surface area contributed by atoms with Crippen molar-refractivity contribution in [3.63, 3.8) is 0 Å². The van der Waals surface area contributed by atoms with Gasteiger partial charge < -0.3 is 19.5 Å². The molecule has 1 N–H and O–H groups in total. The van der Waals surface area contributed by atoms with Crippen molar-refractivity contribution < 1.29 is 19.4 Å². The summed E-state index contributed by atoms with van der Waals surface area (Å²) in [4.78, 5) is 19.6. The van der Waals surface area contributed by atoms with Crippen LogP contribution >= 0.6 is 0 Å². The maximum atomic E-state index is 12.6. The van der Waals surface area contributed by atoms with Gasteiger partial charge in [0.25, 0.3) is 0 Å². The lowest BCUT2D eigenvalue weighted by molar-refractivity contribution is -0.160. The first-order valence-electron chi connectivity index (χ1n) is 13.9. The number of hydrogen-bond donors (Lipinski definition) is 1. The van der Waals surface area contributed by atoms with E-state index in [0.29, 0.717) is 17.9 Å². The molecule has 4 rings (SSSR count). The van der Waals surface area contributed by atoms with E-state index in [2.05, 4.69) is 35.9 Å². The number of anilines is 1. The molecule has 1 aliphatic rings. The number of benzene rings is 2. The summed E-state index contributed by atoms with van der Waals surface area (Å²) in [5.41, 5.74) is 4.97. The Morgan fingerprint density at radius 2 is 1.69 bits per heavy atom. The molecule has 2 aromatic carbocycles. The Kier molecular flexibility index (Phi) is 8.65. The number of ether oxygens (including phenoxy) is 2. The van der Waals surface area contributed by atoms with Crippen LogP contribution in [0.5, 0.6) is 5.75 Å².